The first-order chi connectivity index (χ1) is 16.2. The zero-order valence-electron chi connectivity index (χ0n) is 19.0. The number of ether oxygens (including phenoxy) is 1. The highest BCUT2D eigenvalue weighted by atomic mass is 35.5. The molecule has 1 atom stereocenters. The van der Waals surface area contributed by atoms with Crippen molar-refractivity contribution in [2.24, 2.45) is 14.1 Å². The van der Waals surface area contributed by atoms with E-state index in [9.17, 15) is 19.2 Å². The fourth-order valence-corrected chi connectivity index (χ4v) is 4.23. The Bertz CT molecular complexity index is 1450. The molecule has 0 aliphatic carbocycles. The average Bonchev–Trinajstić information content (AvgIpc) is 3.15. The molecule has 1 aliphatic rings. The van der Waals surface area contributed by atoms with Crippen LogP contribution in [0.1, 0.15) is 18.5 Å². The molecule has 3 aromatic rings. The first kappa shape index (κ1) is 23.3. The van der Waals surface area contributed by atoms with Crippen LogP contribution in [0.4, 0.5) is 4.79 Å². The number of carbonyl (C=O) groups excluding carboxylic acids is 2. The molecule has 2 amide bonds. The van der Waals surface area contributed by atoms with Gasteiger partial charge in [0.1, 0.15) is 0 Å². The summed E-state index contributed by atoms with van der Waals surface area (Å²) in [4.78, 5) is 56.7. The van der Waals surface area contributed by atoms with E-state index in [0.717, 1.165) is 4.57 Å². The number of amides is 2. The summed E-state index contributed by atoms with van der Waals surface area (Å²) in [5, 5.41) is 2.76. The molecule has 178 valence electrons. The lowest BCUT2D eigenvalue weighted by molar-refractivity contribution is -0.139. The third-order valence-electron chi connectivity index (χ3n) is 5.81. The van der Waals surface area contributed by atoms with Crippen molar-refractivity contribution in [3.05, 3.63) is 73.3 Å². The fraction of sp³-hybridized carbons (Fsp3) is 0.318. The molecule has 3 heterocycles. The molecule has 4 rings (SSSR count). The Morgan fingerprint density at radius 1 is 1.12 bits per heavy atom. The van der Waals surface area contributed by atoms with Gasteiger partial charge in [-0.1, -0.05) is 30.3 Å². The number of fused-ring (bicyclic) bond motifs is 1. The number of urea groups is 1. The van der Waals surface area contributed by atoms with Gasteiger partial charge in [-0.05, 0) is 24.1 Å². The molecule has 12 heteroatoms. The van der Waals surface area contributed by atoms with Gasteiger partial charge < -0.3 is 14.6 Å². The minimum Gasteiger partial charge on any atom is -0.463 e. The molecule has 0 saturated heterocycles. The summed E-state index contributed by atoms with van der Waals surface area (Å²) in [6.07, 6.45) is 0. The van der Waals surface area contributed by atoms with Crippen molar-refractivity contribution in [2.45, 2.75) is 19.5 Å². The van der Waals surface area contributed by atoms with E-state index in [2.05, 4.69) is 10.3 Å². The van der Waals surface area contributed by atoms with Gasteiger partial charge in [0.2, 0.25) is 5.28 Å². The van der Waals surface area contributed by atoms with Gasteiger partial charge in [-0.2, -0.15) is 4.98 Å². The summed E-state index contributed by atoms with van der Waals surface area (Å²) >= 11 is 6.39. The van der Waals surface area contributed by atoms with Crippen LogP contribution in [-0.2, 0) is 30.2 Å². The van der Waals surface area contributed by atoms with E-state index in [-0.39, 0.29) is 40.9 Å². The summed E-state index contributed by atoms with van der Waals surface area (Å²) in [6.45, 7) is 1.68. The number of likely N-dealkylation sites (N-methyl/N-ethyl adjacent to an activating group) is 1. The highest BCUT2D eigenvalue weighted by Crippen LogP contribution is 2.32. The number of allylic oxidation sites excluding steroid dienone is 1. The maximum Gasteiger partial charge on any atom is 0.338 e. The van der Waals surface area contributed by atoms with Gasteiger partial charge in [-0.3, -0.25) is 18.8 Å². The van der Waals surface area contributed by atoms with Crippen molar-refractivity contribution < 1.29 is 14.3 Å². The van der Waals surface area contributed by atoms with Crippen LogP contribution in [0.3, 0.4) is 0 Å². The SMILES string of the molecule is CCOC(=O)C1=C(Cn2c(Cl)nc3c2c(=O)n(C)c(=O)n3C)N(C)C(=O)N[C@@H]1c1ccccc1. The third kappa shape index (κ3) is 3.67. The number of aryl methyl sites for hydroxylation is 1. The van der Waals surface area contributed by atoms with Crippen molar-refractivity contribution >= 4 is 34.8 Å². The number of nitrogens with one attached hydrogen (secondary N) is 1. The summed E-state index contributed by atoms with van der Waals surface area (Å²) in [5.74, 6) is -0.612. The molecular weight excluding hydrogens is 464 g/mol. The van der Waals surface area contributed by atoms with E-state index in [1.165, 1.54) is 35.2 Å². The predicted molar refractivity (Wildman–Crippen MR) is 124 cm³/mol. The second-order valence-electron chi connectivity index (χ2n) is 7.78. The Balaban J connectivity index is 1.98. The summed E-state index contributed by atoms with van der Waals surface area (Å²) in [5.41, 5.74) is 0.189. The minimum absolute atomic E-state index is 0.0698. The van der Waals surface area contributed by atoms with E-state index in [0.29, 0.717) is 5.56 Å². The number of benzene rings is 1. The largest absolute Gasteiger partial charge is 0.463 e. The number of carbonyl (C=O) groups is 2. The lowest BCUT2D eigenvalue weighted by Crippen LogP contribution is -2.47. The quantitative estimate of drug-likeness (QED) is 0.428. The van der Waals surface area contributed by atoms with Crippen LogP contribution in [0, 0.1) is 0 Å². The molecule has 0 saturated carbocycles. The Hall–Kier alpha value is -3.86. The van der Waals surface area contributed by atoms with Gasteiger partial charge in [0, 0.05) is 21.1 Å². The van der Waals surface area contributed by atoms with Crippen LogP contribution >= 0.6 is 11.6 Å². The van der Waals surface area contributed by atoms with Crippen LogP contribution in [0.2, 0.25) is 5.28 Å². The highest BCUT2D eigenvalue weighted by molar-refractivity contribution is 6.29. The van der Waals surface area contributed by atoms with Gasteiger partial charge in [0.05, 0.1) is 30.5 Å². The van der Waals surface area contributed by atoms with E-state index >= 15 is 0 Å². The molecule has 34 heavy (non-hydrogen) atoms. The molecule has 1 N–H and O–H groups in total. The highest BCUT2D eigenvalue weighted by Gasteiger charge is 2.37. The second-order valence-corrected chi connectivity index (χ2v) is 8.12. The smallest absolute Gasteiger partial charge is 0.338 e. The standard InChI is InChI=1S/C22H23ClN6O5/c1-5-34-19(31)14-13(26(2)21(32)24-15(14)12-9-7-6-8-10-12)11-29-16-17(25-20(29)23)27(3)22(33)28(4)18(16)30/h6-10,15H,5,11H2,1-4H3,(H,24,32)/t15-/m1/s1. The Morgan fingerprint density at radius 2 is 1.79 bits per heavy atom. The molecule has 0 fully saturated rings. The predicted octanol–water partition coefficient (Wildman–Crippen LogP) is 1.30. The Labute approximate surface area is 198 Å². The monoisotopic (exact) mass is 486 g/mol. The van der Waals surface area contributed by atoms with E-state index < -0.39 is 29.3 Å². The maximum absolute atomic E-state index is 13.1. The van der Waals surface area contributed by atoms with Crippen molar-refractivity contribution in [3.63, 3.8) is 0 Å². The molecule has 1 aliphatic heterocycles. The Morgan fingerprint density at radius 3 is 2.44 bits per heavy atom. The van der Waals surface area contributed by atoms with Crippen LogP contribution < -0.4 is 16.6 Å². The maximum atomic E-state index is 13.1. The van der Waals surface area contributed by atoms with Crippen molar-refractivity contribution in [3.8, 4) is 0 Å². The number of hydrogen-bond acceptors (Lipinski definition) is 6. The van der Waals surface area contributed by atoms with E-state index in [4.69, 9.17) is 16.3 Å². The summed E-state index contributed by atoms with van der Waals surface area (Å²) in [7, 11) is 4.34. The summed E-state index contributed by atoms with van der Waals surface area (Å²) < 4.78 is 8.86. The van der Waals surface area contributed by atoms with Crippen molar-refractivity contribution in [1.82, 2.24) is 28.9 Å². The number of halogens is 1. The van der Waals surface area contributed by atoms with Crippen molar-refractivity contribution in [1.29, 1.82) is 0 Å². The number of imidazole rings is 1. The lowest BCUT2D eigenvalue weighted by Gasteiger charge is -2.34. The van der Waals surface area contributed by atoms with Gasteiger partial charge >= 0.3 is 17.7 Å². The molecule has 2 aromatic heterocycles. The average molecular weight is 487 g/mol. The van der Waals surface area contributed by atoms with Gasteiger partial charge in [0.15, 0.2) is 11.2 Å². The normalized spacial score (nSPS) is 16.2. The molecule has 0 spiro atoms. The second kappa shape index (κ2) is 8.82. The number of esters is 1. The first-order valence-electron chi connectivity index (χ1n) is 10.5. The zero-order chi connectivity index (χ0) is 24.7. The van der Waals surface area contributed by atoms with Crippen LogP contribution in [0.5, 0.6) is 0 Å². The van der Waals surface area contributed by atoms with E-state index in [1.807, 2.05) is 6.07 Å². The van der Waals surface area contributed by atoms with Crippen LogP contribution in [0.25, 0.3) is 11.2 Å². The molecule has 11 nitrogen and oxygen atoms in total. The fourth-order valence-electron chi connectivity index (χ4n) is 4.01. The molecule has 1 aromatic carbocycles. The summed E-state index contributed by atoms with van der Waals surface area (Å²) in [6, 6.07) is 7.78. The Kier molecular flexibility index (Phi) is 6.05. The van der Waals surface area contributed by atoms with Gasteiger partial charge in [-0.25, -0.2) is 14.4 Å². The molecule has 0 bridgehead atoms. The van der Waals surface area contributed by atoms with Gasteiger partial charge in [-0.15, -0.1) is 0 Å². The van der Waals surface area contributed by atoms with E-state index in [1.54, 1.807) is 31.2 Å². The number of aromatic nitrogens is 4. The lowest BCUT2D eigenvalue weighted by atomic mass is 9.94. The van der Waals surface area contributed by atoms with Gasteiger partial charge in [0.25, 0.3) is 5.56 Å². The number of hydrogen-bond donors (Lipinski definition) is 1. The number of rotatable bonds is 5. The minimum atomic E-state index is -0.778. The zero-order valence-corrected chi connectivity index (χ0v) is 19.8. The van der Waals surface area contributed by atoms with Crippen LogP contribution in [-0.4, -0.2) is 49.2 Å². The molecule has 0 radical (unpaired) electrons. The number of nitrogens with zero attached hydrogens (tertiary/aromatic N) is 5. The molecule has 0 unspecified atom stereocenters. The molecular formula is C22H23ClN6O5. The van der Waals surface area contributed by atoms with Crippen LogP contribution in [0.15, 0.2) is 51.2 Å². The topological polar surface area (TPSA) is 120 Å². The third-order valence-corrected chi connectivity index (χ3v) is 6.10. The van der Waals surface area contributed by atoms with Crippen molar-refractivity contribution in [2.75, 3.05) is 13.7 Å². The first-order valence-corrected chi connectivity index (χ1v) is 10.9.